The van der Waals surface area contributed by atoms with Crippen molar-refractivity contribution in [1.29, 1.82) is 5.26 Å². The molecule has 0 radical (unpaired) electrons. The molecule has 2 aliphatic rings. The maximum absolute atomic E-state index is 12.7. The van der Waals surface area contributed by atoms with Crippen LogP contribution in [0.1, 0.15) is 44.1 Å². The van der Waals surface area contributed by atoms with Gasteiger partial charge in [0.15, 0.2) is 0 Å². The van der Waals surface area contributed by atoms with E-state index >= 15 is 0 Å². The smallest absolute Gasteiger partial charge is 0.238 e. The molecule has 2 aliphatic heterocycles. The van der Waals surface area contributed by atoms with Gasteiger partial charge >= 0.3 is 0 Å². The van der Waals surface area contributed by atoms with Gasteiger partial charge in [-0.1, -0.05) is 25.0 Å². The highest BCUT2D eigenvalue weighted by atomic mass is 16.2. The van der Waals surface area contributed by atoms with Crippen LogP contribution in [0, 0.1) is 17.2 Å². The molecule has 144 valence electrons. The Bertz CT molecular complexity index is 696. The molecule has 0 saturated carbocycles. The van der Waals surface area contributed by atoms with Crippen molar-refractivity contribution in [2.45, 2.75) is 38.5 Å². The summed E-state index contributed by atoms with van der Waals surface area (Å²) in [6, 6.07) is 9.10. The highest BCUT2D eigenvalue weighted by Crippen LogP contribution is 2.22. The molecule has 2 fully saturated rings. The summed E-state index contributed by atoms with van der Waals surface area (Å²) in [5.41, 5.74) is 1.02. The molecule has 0 unspecified atom stereocenters. The number of likely N-dealkylation sites (tertiary alicyclic amines) is 2. The van der Waals surface area contributed by atoms with E-state index in [1.54, 1.807) is 24.3 Å². The van der Waals surface area contributed by atoms with Crippen molar-refractivity contribution in [2.75, 3.05) is 38.0 Å². The summed E-state index contributed by atoms with van der Waals surface area (Å²) in [5.74, 6) is 0.292. The standard InChI is InChI=1S/C21H28N4O2/c22-15-18-7-3-4-8-19(18)23-20(26)16-24-13-9-17(10-14-24)21(27)25-11-5-1-2-6-12-25/h3-4,7-8,17H,1-2,5-6,9-14,16H2,(H,23,26). The first kappa shape index (κ1) is 19.4. The van der Waals surface area contributed by atoms with Crippen LogP contribution in [0.25, 0.3) is 0 Å². The van der Waals surface area contributed by atoms with Crippen LogP contribution in [-0.2, 0) is 9.59 Å². The third-order valence-electron chi connectivity index (χ3n) is 5.54. The van der Waals surface area contributed by atoms with Gasteiger partial charge in [-0.25, -0.2) is 0 Å². The number of piperidine rings is 1. The number of anilines is 1. The van der Waals surface area contributed by atoms with Gasteiger partial charge < -0.3 is 10.2 Å². The van der Waals surface area contributed by atoms with E-state index in [0.717, 1.165) is 51.9 Å². The van der Waals surface area contributed by atoms with Crippen LogP contribution in [0.4, 0.5) is 5.69 Å². The van der Waals surface area contributed by atoms with Gasteiger partial charge in [-0.2, -0.15) is 5.26 Å². The normalized spacial score (nSPS) is 19.1. The molecular formula is C21H28N4O2. The van der Waals surface area contributed by atoms with E-state index in [-0.39, 0.29) is 11.8 Å². The topological polar surface area (TPSA) is 76.4 Å². The van der Waals surface area contributed by atoms with Crippen molar-refractivity contribution in [3.63, 3.8) is 0 Å². The van der Waals surface area contributed by atoms with E-state index in [1.807, 2.05) is 0 Å². The van der Waals surface area contributed by atoms with Crippen LogP contribution in [0.15, 0.2) is 24.3 Å². The van der Waals surface area contributed by atoms with Crippen LogP contribution >= 0.6 is 0 Å². The minimum atomic E-state index is -0.116. The quantitative estimate of drug-likeness (QED) is 0.886. The Balaban J connectivity index is 1.45. The lowest BCUT2D eigenvalue weighted by Crippen LogP contribution is -2.44. The predicted octanol–water partition coefficient (Wildman–Crippen LogP) is 2.61. The molecule has 2 amide bonds. The summed E-state index contributed by atoms with van der Waals surface area (Å²) in [4.78, 5) is 29.2. The van der Waals surface area contributed by atoms with Gasteiger partial charge in [0, 0.05) is 19.0 Å². The average Bonchev–Trinajstić information content (AvgIpc) is 2.98. The van der Waals surface area contributed by atoms with Crippen molar-refractivity contribution >= 4 is 17.5 Å². The van der Waals surface area contributed by atoms with Gasteiger partial charge in [0.1, 0.15) is 6.07 Å². The third kappa shape index (κ3) is 5.30. The molecule has 3 rings (SSSR count). The Hall–Kier alpha value is -2.39. The molecular weight excluding hydrogens is 340 g/mol. The van der Waals surface area contributed by atoms with Crippen molar-refractivity contribution < 1.29 is 9.59 Å². The van der Waals surface area contributed by atoms with E-state index < -0.39 is 0 Å². The number of para-hydroxylation sites is 1. The monoisotopic (exact) mass is 368 g/mol. The number of carbonyl (C=O) groups excluding carboxylic acids is 2. The summed E-state index contributed by atoms with van der Waals surface area (Å²) in [6.45, 7) is 3.62. The molecule has 0 bridgehead atoms. The van der Waals surface area contributed by atoms with Crippen LogP contribution < -0.4 is 5.32 Å². The molecule has 1 N–H and O–H groups in total. The van der Waals surface area contributed by atoms with Crippen molar-refractivity contribution in [2.24, 2.45) is 5.92 Å². The Kier molecular flexibility index (Phi) is 6.83. The van der Waals surface area contributed by atoms with Gasteiger partial charge in [-0.15, -0.1) is 0 Å². The molecule has 0 aromatic heterocycles. The molecule has 2 saturated heterocycles. The number of hydrogen-bond acceptors (Lipinski definition) is 4. The molecule has 2 heterocycles. The Labute approximate surface area is 161 Å². The maximum Gasteiger partial charge on any atom is 0.238 e. The first-order valence-corrected chi connectivity index (χ1v) is 9.97. The van der Waals surface area contributed by atoms with Crippen LogP contribution in [-0.4, -0.2) is 54.3 Å². The van der Waals surface area contributed by atoms with Crippen molar-refractivity contribution in [3.05, 3.63) is 29.8 Å². The number of benzene rings is 1. The van der Waals surface area contributed by atoms with Gasteiger partial charge in [0.2, 0.25) is 11.8 Å². The highest BCUT2D eigenvalue weighted by molar-refractivity contribution is 5.93. The third-order valence-corrected chi connectivity index (χ3v) is 5.54. The van der Waals surface area contributed by atoms with Gasteiger partial charge in [-0.3, -0.25) is 14.5 Å². The number of nitriles is 1. The fourth-order valence-electron chi connectivity index (χ4n) is 3.97. The lowest BCUT2D eigenvalue weighted by atomic mass is 9.95. The second-order valence-electron chi connectivity index (χ2n) is 7.50. The van der Waals surface area contributed by atoms with E-state index in [1.165, 1.54) is 12.8 Å². The zero-order valence-corrected chi connectivity index (χ0v) is 15.8. The number of hydrogen-bond donors (Lipinski definition) is 1. The molecule has 6 nitrogen and oxygen atoms in total. The number of carbonyl (C=O) groups is 2. The fourth-order valence-corrected chi connectivity index (χ4v) is 3.97. The molecule has 0 spiro atoms. The second kappa shape index (κ2) is 9.52. The zero-order chi connectivity index (χ0) is 19.1. The minimum absolute atomic E-state index is 0.0988. The number of rotatable bonds is 4. The largest absolute Gasteiger partial charge is 0.342 e. The fraction of sp³-hybridized carbons (Fsp3) is 0.571. The van der Waals surface area contributed by atoms with E-state index in [9.17, 15) is 9.59 Å². The number of nitrogens with one attached hydrogen (secondary N) is 1. The Morgan fingerprint density at radius 2 is 1.70 bits per heavy atom. The summed E-state index contributed by atoms with van der Waals surface area (Å²) in [5, 5.41) is 11.9. The summed E-state index contributed by atoms with van der Waals surface area (Å²) in [7, 11) is 0. The minimum Gasteiger partial charge on any atom is -0.342 e. The Morgan fingerprint density at radius 3 is 2.37 bits per heavy atom. The molecule has 27 heavy (non-hydrogen) atoms. The zero-order valence-electron chi connectivity index (χ0n) is 15.8. The molecule has 6 heteroatoms. The summed E-state index contributed by atoms with van der Waals surface area (Å²) in [6.07, 6.45) is 6.33. The average molecular weight is 368 g/mol. The highest BCUT2D eigenvalue weighted by Gasteiger charge is 2.29. The van der Waals surface area contributed by atoms with E-state index in [0.29, 0.717) is 23.7 Å². The molecule has 1 aromatic carbocycles. The molecule has 1 aromatic rings. The molecule has 0 atom stereocenters. The van der Waals surface area contributed by atoms with Crippen LogP contribution in [0.2, 0.25) is 0 Å². The van der Waals surface area contributed by atoms with Crippen LogP contribution in [0.5, 0.6) is 0 Å². The van der Waals surface area contributed by atoms with Gasteiger partial charge in [0.05, 0.1) is 17.8 Å². The summed E-state index contributed by atoms with van der Waals surface area (Å²) < 4.78 is 0. The van der Waals surface area contributed by atoms with Gasteiger partial charge in [0.25, 0.3) is 0 Å². The van der Waals surface area contributed by atoms with E-state index in [4.69, 9.17) is 5.26 Å². The van der Waals surface area contributed by atoms with Crippen molar-refractivity contribution in [1.82, 2.24) is 9.80 Å². The predicted molar refractivity (Wildman–Crippen MR) is 104 cm³/mol. The van der Waals surface area contributed by atoms with Crippen molar-refractivity contribution in [3.8, 4) is 6.07 Å². The SMILES string of the molecule is N#Cc1ccccc1NC(=O)CN1CCC(C(=O)N2CCCCCC2)CC1. The summed E-state index contributed by atoms with van der Waals surface area (Å²) >= 11 is 0. The first-order valence-electron chi connectivity index (χ1n) is 9.97. The first-order chi connectivity index (χ1) is 13.2. The second-order valence-corrected chi connectivity index (χ2v) is 7.50. The lowest BCUT2D eigenvalue weighted by Gasteiger charge is -2.33. The van der Waals surface area contributed by atoms with E-state index in [2.05, 4.69) is 21.2 Å². The number of nitrogens with zero attached hydrogens (tertiary/aromatic N) is 3. The Morgan fingerprint density at radius 1 is 1.04 bits per heavy atom. The van der Waals surface area contributed by atoms with Gasteiger partial charge in [-0.05, 0) is 50.9 Å². The van der Waals surface area contributed by atoms with Crippen LogP contribution in [0.3, 0.4) is 0 Å². The molecule has 0 aliphatic carbocycles. The lowest BCUT2D eigenvalue weighted by molar-refractivity contribution is -0.137. The maximum atomic E-state index is 12.7. The number of amides is 2.